The van der Waals surface area contributed by atoms with E-state index < -0.39 is 11.2 Å². The number of unbranched alkanes of at least 4 members (excludes halogenated alkanes) is 1. The normalized spacial score (nSPS) is 11.1. The van der Waals surface area contributed by atoms with Gasteiger partial charge < -0.3 is 14.0 Å². The summed E-state index contributed by atoms with van der Waals surface area (Å²) in [5, 5.41) is 0. The van der Waals surface area contributed by atoms with Crippen molar-refractivity contribution in [2.75, 3.05) is 12.9 Å². The molecular weight excluding hydrogens is 444 g/mol. The third-order valence-corrected chi connectivity index (χ3v) is 6.16. The number of rotatable bonds is 12. The van der Waals surface area contributed by atoms with Gasteiger partial charge in [-0.25, -0.2) is 9.78 Å². The van der Waals surface area contributed by atoms with Gasteiger partial charge in [0.15, 0.2) is 11.2 Å². The lowest BCUT2D eigenvalue weighted by atomic mass is 10.3. The first kappa shape index (κ1) is 24.6. The quantitative estimate of drug-likeness (QED) is 0.317. The Balaban J connectivity index is 1.70. The molecule has 0 aliphatic heterocycles. The zero-order valence-electron chi connectivity index (χ0n) is 19.3. The highest BCUT2D eigenvalue weighted by atomic mass is 32.2. The second-order valence-electron chi connectivity index (χ2n) is 7.55. The van der Waals surface area contributed by atoms with Gasteiger partial charge in [-0.3, -0.25) is 19.1 Å². The number of fused-ring (bicyclic) bond motifs is 1. The number of hydrogen-bond donors (Lipinski definition) is 1. The Labute approximate surface area is 196 Å². The van der Waals surface area contributed by atoms with Crippen LogP contribution in [0.15, 0.2) is 38.8 Å². The first-order valence-electron chi connectivity index (χ1n) is 11.1. The van der Waals surface area contributed by atoms with E-state index in [1.165, 1.54) is 4.57 Å². The molecule has 0 aliphatic rings. The van der Waals surface area contributed by atoms with Crippen LogP contribution < -0.4 is 16.0 Å². The van der Waals surface area contributed by atoms with Crippen molar-refractivity contribution in [3.05, 3.63) is 50.9 Å². The smallest absolute Gasteiger partial charge is 0.330 e. The first-order chi connectivity index (χ1) is 16.0. The summed E-state index contributed by atoms with van der Waals surface area (Å²) >= 11 is 1.56. The summed E-state index contributed by atoms with van der Waals surface area (Å²) in [7, 11) is 1.62. The molecule has 3 aromatic rings. The fraction of sp³-hybridized carbons (Fsp3) is 0.478. The maximum Gasteiger partial charge on any atom is 0.330 e. The molecule has 1 N–H and O–H groups in total. The first-order valence-corrected chi connectivity index (χ1v) is 12.1. The zero-order valence-corrected chi connectivity index (χ0v) is 20.1. The number of esters is 1. The van der Waals surface area contributed by atoms with E-state index in [1.807, 2.05) is 38.1 Å². The fourth-order valence-corrected chi connectivity index (χ4v) is 4.29. The number of H-pyrrole nitrogens is 1. The number of aromatic nitrogens is 4. The van der Waals surface area contributed by atoms with Gasteiger partial charge >= 0.3 is 11.7 Å². The summed E-state index contributed by atoms with van der Waals surface area (Å²) in [6.07, 6.45) is 2.70. The van der Waals surface area contributed by atoms with Gasteiger partial charge in [0.1, 0.15) is 18.2 Å². The minimum atomic E-state index is -0.475. The van der Waals surface area contributed by atoms with Crippen LogP contribution in [0, 0.1) is 0 Å². The van der Waals surface area contributed by atoms with Crippen molar-refractivity contribution < 1.29 is 14.3 Å². The maximum absolute atomic E-state index is 12.5. The molecule has 33 heavy (non-hydrogen) atoms. The molecule has 0 amide bonds. The molecule has 0 bridgehead atoms. The van der Waals surface area contributed by atoms with Crippen molar-refractivity contribution in [2.45, 2.75) is 64.1 Å². The number of nitrogens with one attached hydrogen (secondary N) is 1. The molecule has 1 aromatic carbocycles. The van der Waals surface area contributed by atoms with Crippen LogP contribution in [0.2, 0.25) is 0 Å². The monoisotopic (exact) mass is 474 g/mol. The average molecular weight is 475 g/mol. The van der Waals surface area contributed by atoms with Crippen molar-refractivity contribution in [3.63, 3.8) is 0 Å². The van der Waals surface area contributed by atoms with Crippen LogP contribution >= 0.6 is 11.8 Å². The number of carbonyl (C=O) groups excluding carboxylic acids is 1. The second-order valence-corrected chi connectivity index (χ2v) is 8.72. The number of aromatic amines is 1. The number of imidazole rings is 1. The minimum Gasteiger partial charge on any atom is -0.497 e. The summed E-state index contributed by atoms with van der Waals surface area (Å²) in [5.41, 5.74) is -0.265. The molecule has 3 rings (SSSR count). The van der Waals surface area contributed by atoms with Gasteiger partial charge in [0.2, 0.25) is 0 Å². The van der Waals surface area contributed by atoms with E-state index in [2.05, 4.69) is 9.97 Å². The Morgan fingerprint density at radius 2 is 1.85 bits per heavy atom. The van der Waals surface area contributed by atoms with E-state index in [9.17, 15) is 14.4 Å². The van der Waals surface area contributed by atoms with Gasteiger partial charge in [-0.05, 0) is 37.1 Å². The SMILES string of the molecule is CCCCn1c(=O)[nH]c(=O)c2c1nc(COC(=O)CCSc1ccc(OC)cc1)n2CCC. The topological polar surface area (TPSA) is 108 Å². The minimum absolute atomic E-state index is 0.0534. The molecule has 0 radical (unpaired) electrons. The fourth-order valence-electron chi connectivity index (χ4n) is 3.46. The number of hydrogen-bond acceptors (Lipinski definition) is 7. The molecule has 10 heteroatoms. The Kier molecular flexibility index (Phi) is 8.76. The second kappa shape index (κ2) is 11.7. The Bertz CT molecular complexity index is 1200. The zero-order chi connectivity index (χ0) is 23.8. The number of thioether (sulfide) groups is 1. The summed E-state index contributed by atoms with van der Waals surface area (Å²) in [6, 6.07) is 7.64. The van der Waals surface area contributed by atoms with Gasteiger partial charge in [0.05, 0.1) is 13.5 Å². The summed E-state index contributed by atoms with van der Waals surface area (Å²) in [6.45, 7) is 4.96. The van der Waals surface area contributed by atoms with Crippen LogP contribution in [-0.2, 0) is 29.2 Å². The molecule has 0 spiro atoms. The van der Waals surface area contributed by atoms with Crippen LogP contribution in [0.25, 0.3) is 11.2 Å². The number of benzene rings is 1. The molecule has 178 valence electrons. The molecule has 0 fully saturated rings. The molecule has 2 aromatic heterocycles. The highest BCUT2D eigenvalue weighted by Gasteiger charge is 2.19. The van der Waals surface area contributed by atoms with Gasteiger partial charge in [-0.1, -0.05) is 20.3 Å². The summed E-state index contributed by atoms with van der Waals surface area (Å²) in [5.74, 6) is 1.48. The number of ether oxygens (including phenoxy) is 2. The third kappa shape index (κ3) is 6.07. The van der Waals surface area contributed by atoms with E-state index in [4.69, 9.17) is 9.47 Å². The average Bonchev–Trinajstić information content (AvgIpc) is 3.17. The number of aryl methyl sites for hydroxylation is 2. The number of nitrogens with zero attached hydrogens (tertiary/aromatic N) is 3. The van der Waals surface area contributed by atoms with Gasteiger partial charge in [-0.15, -0.1) is 11.8 Å². The van der Waals surface area contributed by atoms with E-state index in [0.29, 0.717) is 35.8 Å². The van der Waals surface area contributed by atoms with E-state index >= 15 is 0 Å². The molecule has 9 nitrogen and oxygen atoms in total. The Morgan fingerprint density at radius 1 is 1.09 bits per heavy atom. The van der Waals surface area contributed by atoms with Crippen molar-refractivity contribution in [1.82, 2.24) is 19.1 Å². The lowest BCUT2D eigenvalue weighted by molar-refractivity contribution is -0.144. The van der Waals surface area contributed by atoms with Crippen LogP contribution in [0.1, 0.15) is 45.4 Å². The molecule has 0 saturated heterocycles. The van der Waals surface area contributed by atoms with Crippen LogP contribution in [0.3, 0.4) is 0 Å². The van der Waals surface area contributed by atoms with E-state index in [-0.39, 0.29) is 19.0 Å². The van der Waals surface area contributed by atoms with Gasteiger partial charge in [-0.2, -0.15) is 0 Å². The van der Waals surface area contributed by atoms with Crippen molar-refractivity contribution in [2.24, 2.45) is 0 Å². The predicted molar refractivity (Wildman–Crippen MR) is 128 cm³/mol. The molecule has 0 unspecified atom stereocenters. The van der Waals surface area contributed by atoms with Crippen molar-refractivity contribution >= 4 is 28.9 Å². The number of carbonyl (C=O) groups is 1. The summed E-state index contributed by atoms with van der Waals surface area (Å²) in [4.78, 5) is 45.1. The van der Waals surface area contributed by atoms with Crippen LogP contribution in [0.4, 0.5) is 0 Å². The standard InChI is InChI=1S/C23H30N4O5S/c1-4-6-13-27-21-20(22(29)25-23(27)30)26(12-5-2)18(24-21)15-32-19(28)11-14-33-17-9-7-16(31-3)8-10-17/h7-10H,4-6,11-15H2,1-3H3,(H,25,29,30). The predicted octanol–water partition coefficient (Wildman–Crippen LogP) is 3.33. The van der Waals surface area contributed by atoms with E-state index in [0.717, 1.165) is 29.9 Å². The largest absolute Gasteiger partial charge is 0.497 e. The molecule has 0 atom stereocenters. The highest BCUT2D eigenvalue weighted by Crippen LogP contribution is 2.22. The lowest BCUT2D eigenvalue weighted by Crippen LogP contribution is -2.31. The highest BCUT2D eigenvalue weighted by molar-refractivity contribution is 7.99. The van der Waals surface area contributed by atoms with Gasteiger partial charge in [0, 0.05) is 23.7 Å². The van der Waals surface area contributed by atoms with Crippen molar-refractivity contribution in [3.8, 4) is 5.75 Å². The Hall–Kier alpha value is -3.01. The maximum atomic E-state index is 12.5. The van der Waals surface area contributed by atoms with Crippen molar-refractivity contribution in [1.29, 1.82) is 0 Å². The number of methoxy groups -OCH3 is 1. The van der Waals surface area contributed by atoms with Gasteiger partial charge in [0.25, 0.3) is 5.56 Å². The molecule has 0 aliphatic carbocycles. The van der Waals surface area contributed by atoms with E-state index in [1.54, 1.807) is 23.4 Å². The van der Waals surface area contributed by atoms with Crippen LogP contribution in [-0.4, -0.2) is 37.9 Å². The lowest BCUT2D eigenvalue weighted by Gasteiger charge is -2.08. The Morgan fingerprint density at radius 3 is 2.52 bits per heavy atom. The molecular formula is C23H30N4O5S. The molecule has 2 heterocycles. The van der Waals surface area contributed by atoms with Crippen LogP contribution in [0.5, 0.6) is 5.75 Å². The molecule has 0 saturated carbocycles. The third-order valence-electron chi connectivity index (χ3n) is 5.14. The summed E-state index contributed by atoms with van der Waals surface area (Å²) < 4.78 is 13.8.